The van der Waals surface area contributed by atoms with E-state index in [1.807, 2.05) is 13.8 Å². The second-order valence-electron chi connectivity index (χ2n) is 4.52. The van der Waals surface area contributed by atoms with Gasteiger partial charge in [0.2, 0.25) is 5.91 Å². The first-order chi connectivity index (χ1) is 7.31. The Hall–Kier alpha value is -1.12. The van der Waals surface area contributed by atoms with Gasteiger partial charge in [0.15, 0.2) is 5.78 Å². The fourth-order valence-electron chi connectivity index (χ4n) is 1.58. The number of rotatable bonds is 5. The van der Waals surface area contributed by atoms with E-state index in [2.05, 4.69) is 13.8 Å². The molecule has 0 aromatic carbocycles. The fraction of sp³-hybridized carbons (Fsp3) is 0.692. The molecule has 0 aromatic heterocycles. The lowest BCUT2D eigenvalue weighted by Crippen LogP contribution is -2.26. The molecule has 16 heavy (non-hydrogen) atoms. The predicted octanol–water partition coefficient (Wildman–Crippen LogP) is 2.76. The molecule has 0 heterocycles. The molecule has 0 unspecified atom stereocenters. The summed E-state index contributed by atoms with van der Waals surface area (Å²) in [6, 6.07) is 0. The summed E-state index contributed by atoms with van der Waals surface area (Å²) in [6.07, 6.45) is 1.18. The van der Waals surface area contributed by atoms with Crippen molar-refractivity contribution in [3.8, 4) is 0 Å². The van der Waals surface area contributed by atoms with E-state index in [0.29, 0.717) is 12.3 Å². The Kier molecular flexibility index (Phi) is 6.01. The van der Waals surface area contributed by atoms with Gasteiger partial charge >= 0.3 is 0 Å². The molecule has 0 N–H and O–H groups in total. The number of nitrogens with zero attached hydrogens (tertiary/aromatic N) is 1. The van der Waals surface area contributed by atoms with Crippen molar-refractivity contribution in [2.24, 2.45) is 5.92 Å². The number of carbonyl (C=O) groups is 2. The minimum absolute atomic E-state index is 0.0417. The summed E-state index contributed by atoms with van der Waals surface area (Å²) in [5, 5.41) is 0. The standard InChI is InChI=1S/C13H23NO2/c1-7-13(16)14(6)10(4)12(11(5)15)8-9(2)3/h9H,7-8H2,1-6H3/b12-10-. The van der Waals surface area contributed by atoms with Crippen molar-refractivity contribution < 1.29 is 9.59 Å². The maximum atomic E-state index is 11.5. The fourth-order valence-corrected chi connectivity index (χ4v) is 1.58. The minimum atomic E-state index is 0.0417. The van der Waals surface area contributed by atoms with E-state index >= 15 is 0 Å². The molecule has 0 spiro atoms. The van der Waals surface area contributed by atoms with E-state index in [1.54, 1.807) is 18.9 Å². The maximum Gasteiger partial charge on any atom is 0.226 e. The van der Waals surface area contributed by atoms with Gasteiger partial charge in [0, 0.05) is 24.7 Å². The highest BCUT2D eigenvalue weighted by atomic mass is 16.2. The number of Topliss-reactive ketones (excluding diaryl/α,β-unsaturated/α-hetero) is 1. The Balaban J connectivity index is 5.10. The van der Waals surface area contributed by atoms with Crippen LogP contribution in [0, 0.1) is 5.92 Å². The van der Waals surface area contributed by atoms with Crippen molar-refractivity contribution in [1.29, 1.82) is 0 Å². The van der Waals surface area contributed by atoms with Gasteiger partial charge in [-0.3, -0.25) is 9.59 Å². The first-order valence-electron chi connectivity index (χ1n) is 5.78. The van der Waals surface area contributed by atoms with Crippen LogP contribution in [0.25, 0.3) is 0 Å². The van der Waals surface area contributed by atoms with Crippen LogP contribution in [0.15, 0.2) is 11.3 Å². The zero-order valence-corrected chi connectivity index (χ0v) is 11.3. The third kappa shape index (κ3) is 4.17. The molecular formula is C13H23NO2. The summed E-state index contributed by atoms with van der Waals surface area (Å²) in [6.45, 7) is 9.36. The number of hydrogen-bond acceptors (Lipinski definition) is 2. The number of amides is 1. The summed E-state index contributed by atoms with van der Waals surface area (Å²) in [5.74, 6) is 0.515. The molecule has 3 nitrogen and oxygen atoms in total. The lowest BCUT2D eigenvalue weighted by atomic mass is 9.98. The van der Waals surface area contributed by atoms with Gasteiger partial charge < -0.3 is 4.90 Å². The molecule has 0 bridgehead atoms. The van der Waals surface area contributed by atoms with Gasteiger partial charge in [-0.15, -0.1) is 0 Å². The van der Waals surface area contributed by atoms with Gasteiger partial charge in [0.1, 0.15) is 0 Å². The van der Waals surface area contributed by atoms with E-state index < -0.39 is 0 Å². The second-order valence-corrected chi connectivity index (χ2v) is 4.52. The summed E-state index contributed by atoms with van der Waals surface area (Å²) in [4.78, 5) is 24.7. The van der Waals surface area contributed by atoms with E-state index in [-0.39, 0.29) is 11.7 Å². The van der Waals surface area contributed by atoms with Crippen molar-refractivity contribution in [2.75, 3.05) is 7.05 Å². The third-order valence-electron chi connectivity index (χ3n) is 2.65. The molecule has 0 aliphatic carbocycles. The van der Waals surface area contributed by atoms with Crippen LogP contribution in [-0.4, -0.2) is 23.6 Å². The largest absolute Gasteiger partial charge is 0.319 e. The summed E-state index contributed by atoms with van der Waals surface area (Å²) in [5.41, 5.74) is 1.55. The van der Waals surface area contributed by atoms with Gasteiger partial charge in [-0.25, -0.2) is 0 Å². The second kappa shape index (κ2) is 6.46. The molecule has 0 saturated heterocycles. The average molecular weight is 225 g/mol. The van der Waals surface area contributed by atoms with Gasteiger partial charge in [-0.1, -0.05) is 20.8 Å². The molecule has 0 aliphatic heterocycles. The van der Waals surface area contributed by atoms with E-state index in [0.717, 1.165) is 17.7 Å². The van der Waals surface area contributed by atoms with Gasteiger partial charge in [0.05, 0.1) is 0 Å². The highest BCUT2D eigenvalue weighted by Crippen LogP contribution is 2.18. The SMILES string of the molecule is CCC(=O)N(C)/C(C)=C(/CC(C)C)C(C)=O. The molecule has 0 saturated carbocycles. The van der Waals surface area contributed by atoms with Crippen LogP contribution in [0.3, 0.4) is 0 Å². The highest BCUT2D eigenvalue weighted by Gasteiger charge is 2.16. The van der Waals surface area contributed by atoms with E-state index in [1.165, 1.54) is 0 Å². The normalized spacial score (nSPS) is 12.4. The molecule has 0 atom stereocenters. The lowest BCUT2D eigenvalue weighted by molar-refractivity contribution is -0.127. The number of ketones is 1. The molecule has 0 fully saturated rings. The first-order valence-corrected chi connectivity index (χ1v) is 5.78. The molecular weight excluding hydrogens is 202 g/mol. The van der Waals surface area contributed by atoms with Crippen LogP contribution in [0.4, 0.5) is 0 Å². The van der Waals surface area contributed by atoms with Crippen LogP contribution in [0.5, 0.6) is 0 Å². The predicted molar refractivity (Wildman–Crippen MR) is 65.9 cm³/mol. The third-order valence-corrected chi connectivity index (χ3v) is 2.65. The summed E-state index contributed by atoms with van der Waals surface area (Å²) in [7, 11) is 1.73. The Bertz CT molecular complexity index is 303. The molecule has 3 heteroatoms. The van der Waals surface area contributed by atoms with E-state index in [9.17, 15) is 9.59 Å². The van der Waals surface area contributed by atoms with Gasteiger partial charge in [-0.05, 0) is 26.2 Å². The Morgan fingerprint density at radius 3 is 2.00 bits per heavy atom. The molecule has 1 amide bonds. The van der Waals surface area contributed by atoms with Gasteiger partial charge in [0.25, 0.3) is 0 Å². The van der Waals surface area contributed by atoms with Crippen molar-refractivity contribution >= 4 is 11.7 Å². The van der Waals surface area contributed by atoms with Crippen LogP contribution < -0.4 is 0 Å². The Morgan fingerprint density at radius 2 is 1.69 bits per heavy atom. The smallest absolute Gasteiger partial charge is 0.226 e. The Morgan fingerprint density at radius 1 is 1.19 bits per heavy atom. The zero-order valence-electron chi connectivity index (χ0n) is 11.3. The van der Waals surface area contributed by atoms with Crippen molar-refractivity contribution in [2.45, 2.75) is 47.5 Å². The van der Waals surface area contributed by atoms with Crippen molar-refractivity contribution in [1.82, 2.24) is 4.90 Å². The number of allylic oxidation sites excluding steroid dienone is 2. The first kappa shape index (κ1) is 14.9. The van der Waals surface area contributed by atoms with Crippen LogP contribution in [0.1, 0.15) is 47.5 Å². The highest BCUT2D eigenvalue weighted by molar-refractivity contribution is 5.94. The van der Waals surface area contributed by atoms with Crippen LogP contribution in [0.2, 0.25) is 0 Å². The van der Waals surface area contributed by atoms with E-state index in [4.69, 9.17) is 0 Å². The topological polar surface area (TPSA) is 37.4 Å². The molecule has 0 rings (SSSR count). The zero-order chi connectivity index (χ0) is 12.9. The minimum Gasteiger partial charge on any atom is -0.319 e. The monoisotopic (exact) mass is 225 g/mol. The van der Waals surface area contributed by atoms with Crippen molar-refractivity contribution in [3.63, 3.8) is 0 Å². The van der Waals surface area contributed by atoms with Crippen LogP contribution >= 0.6 is 0 Å². The number of carbonyl (C=O) groups excluding carboxylic acids is 2. The summed E-state index contributed by atoms with van der Waals surface area (Å²) >= 11 is 0. The Labute approximate surface area is 98.5 Å². The molecule has 92 valence electrons. The molecule has 0 aromatic rings. The maximum absolute atomic E-state index is 11.5. The van der Waals surface area contributed by atoms with Gasteiger partial charge in [-0.2, -0.15) is 0 Å². The quantitative estimate of drug-likeness (QED) is 0.675. The van der Waals surface area contributed by atoms with Crippen LogP contribution in [-0.2, 0) is 9.59 Å². The average Bonchev–Trinajstić information content (AvgIpc) is 2.22. The van der Waals surface area contributed by atoms with Crippen molar-refractivity contribution in [3.05, 3.63) is 11.3 Å². The molecule has 0 radical (unpaired) electrons. The number of hydrogen-bond donors (Lipinski definition) is 0. The summed E-state index contributed by atoms with van der Waals surface area (Å²) < 4.78 is 0. The lowest BCUT2D eigenvalue weighted by Gasteiger charge is -2.21. The molecule has 0 aliphatic rings.